The van der Waals surface area contributed by atoms with Crippen molar-refractivity contribution in [2.24, 2.45) is 5.92 Å². The molecule has 1 aliphatic rings. The zero-order chi connectivity index (χ0) is 18.5. The normalized spacial score (nSPS) is 19.3. The number of hydrogen-bond donors (Lipinski definition) is 1. The van der Waals surface area contributed by atoms with Gasteiger partial charge in [0.15, 0.2) is 0 Å². The van der Waals surface area contributed by atoms with Crippen LogP contribution in [0.2, 0.25) is 0 Å². The molecule has 6 heteroatoms. The molecule has 0 radical (unpaired) electrons. The lowest BCUT2D eigenvalue weighted by Gasteiger charge is -2.21. The third-order valence-corrected chi connectivity index (χ3v) is 4.91. The lowest BCUT2D eigenvalue weighted by atomic mass is 9.95. The van der Waals surface area contributed by atoms with Crippen molar-refractivity contribution in [3.63, 3.8) is 0 Å². The Morgan fingerprint density at radius 3 is 2.67 bits per heavy atom. The minimum Gasteiger partial charge on any atom is -0.491 e. The topological polar surface area (TPSA) is 69.4 Å². The molecule has 0 spiro atoms. The summed E-state index contributed by atoms with van der Waals surface area (Å²) in [4.78, 5) is 8.68. The molecule has 1 fully saturated rings. The maximum Gasteiger partial charge on any atom is 0.140 e. The van der Waals surface area contributed by atoms with E-state index in [0.717, 1.165) is 30.2 Å². The predicted octanol–water partition coefficient (Wildman–Crippen LogP) is 2.75. The van der Waals surface area contributed by atoms with Gasteiger partial charge in [-0.15, -0.1) is 0 Å². The Bertz CT molecular complexity index is 849. The smallest absolute Gasteiger partial charge is 0.140 e. The molecule has 27 heavy (non-hydrogen) atoms. The van der Waals surface area contributed by atoms with Crippen molar-refractivity contribution >= 4 is 0 Å². The van der Waals surface area contributed by atoms with Gasteiger partial charge in [-0.1, -0.05) is 0 Å². The number of nitrogens with zero attached hydrogens (tertiary/aromatic N) is 3. The number of benzene rings is 1. The van der Waals surface area contributed by atoms with Crippen molar-refractivity contribution in [2.75, 3.05) is 26.4 Å². The van der Waals surface area contributed by atoms with Crippen LogP contribution in [0, 0.1) is 5.92 Å². The maximum absolute atomic E-state index is 8.87. The molecule has 1 saturated heterocycles. The van der Waals surface area contributed by atoms with E-state index < -0.39 is 0 Å². The maximum atomic E-state index is 8.87. The molecular formula is C21H23N3O3. The van der Waals surface area contributed by atoms with Crippen molar-refractivity contribution in [2.45, 2.75) is 12.5 Å². The van der Waals surface area contributed by atoms with Crippen LogP contribution in [0.1, 0.15) is 11.6 Å². The van der Waals surface area contributed by atoms with Crippen LogP contribution in [-0.2, 0) is 11.2 Å². The highest BCUT2D eigenvalue weighted by molar-refractivity contribution is 5.57. The summed E-state index contributed by atoms with van der Waals surface area (Å²) in [7, 11) is 0. The molecule has 0 amide bonds. The zero-order valence-corrected chi connectivity index (χ0v) is 15.1. The third kappa shape index (κ3) is 4.02. The number of aromatic nitrogens is 3. The minimum absolute atomic E-state index is 0.00665. The second-order valence-electron chi connectivity index (χ2n) is 6.68. The molecule has 0 aliphatic carbocycles. The highest BCUT2D eigenvalue weighted by atomic mass is 16.5. The molecule has 3 heterocycles. The zero-order valence-electron chi connectivity index (χ0n) is 15.1. The highest BCUT2D eigenvalue weighted by Crippen LogP contribution is 2.33. The van der Waals surface area contributed by atoms with Crippen LogP contribution in [0.5, 0.6) is 5.75 Å². The van der Waals surface area contributed by atoms with Crippen molar-refractivity contribution in [3.05, 3.63) is 66.7 Å². The van der Waals surface area contributed by atoms with E-state index in [9.17, 15) is 0 Å². The lowest BCUT2D eigenvalue weighted by Crippen LogP contribution is -2.20. The van der Waals surface area contributed by atoms with E-state index in [4.69, 9.17) is 14.6 Å². The molecule has 6 nitrogen and oxygen atoms in total. The van der Waals surface area contributed by atoms with Gasteiger partial charge in [-0.3, -0.25) is 4.98 Å². The van der Waals surface area contributed by atoms with Crippen LogP contribution in [-0.4, -0.2) is 46.1 Å². The van der Waals surface area contributed by atoms with Gasteiger partial charge < -0.3 is 19.1 Å². The molecular weight excluding hydrogens is 342 g/mol. The molecule has 140 valence electrons. The lowest BCUT2D eigenvalue weighted by molar-refractivity contribution is 0.181. The Morgan fingerprint density at radius 1 is 1.07 bits per heavy atom. The Labute approximate surface area is 158 Å². The van der Waals surface area contributed by atoms with Crippen molar-refractivity contribution in [3.8, 4) is 17.1 Å². The fourth-order valence-corrected chi connectivity index (χ4v) is 3.58. The molecule has 0 bridgehead atoms. The summed E-state index contributed by atoms with van der Waals surface area (Å²) in [5.41, 5.74) is 2.31. The summed E-state index contributed by atoms with van der Waals surface area (Å²) < 4.78 is 13.5. The van der Waals surface area contributed by atoms with Crippen LogP contribution in [0.15, 0.2) is 61.2 Å². The number of hydrogen-bond acceptors (Lipinski definition) is 5. The molecule has 4 rings (SSSR count). The van der Waals surface area contributed by atoms with E-state index in [2.05, 4.69) is 26.7 Å². The van der Waals surface area contributed by atoms with Gasteiger partial charge in [-0.05, 0) is 48.4 Å². The van der Waals surface area contributed by atoms with Crippen molar-refractivity contribution in [1.82, 2.24) is 14.5 Å². The summed E-state index contributed by atoms with van der Waals surface area (Å²) in [6, 6.07) is 12.2. The van der Waals surface area contributed by atoms with Crippen molar-refractivity contribution in [1.29, 1.82) is 0 Å². The summed E-state index contributed by atoms with van der Waals surface area (Å²) in [6.45, 7) is 1.74. The average Bonchev–Trinajstić information content (AvgIpc) is 3.36. The molecule has 0 unspecified atom stereocenters. The van der Waals surface area contributed by atoms with Gasteiger partial charge in [-0.25, -0.2) is 4.98 Å². The number of ether oxygens (including phenoxy) is 2. The monoisotopic (exact) mass is 365 g/mol. The van der Waals surface area contributed by atoms with Gasteiger partial charge in [0.25, 0.3) is 0 Å². The number of pyridine rings is 1. The fraction of sp³-hybridized carbons (Fsp3) is 0.333. The summed E-state index contributed by atoms with van der Waals surface area (Å²) in [6.07, 6.45) is 8.50. The van der Waals surface area contributed by atoms with Gasteiger partial charge in [0, 0.05) is 36.3 Å². The first-order valence-electron chi connectivity index (χ1n) is 9.18. The number of imidazole rings is 1. The van der Waals surface area contributed by atoms with Gasteiger partial charge in [-0.2, -0.15) is 0 Å². The van der Waals surface area contributed by atoms with E-state index in [1.54, 1.807) is 0 Å². The first-order chi connectivity index (χ1) is 13.3. The molecule has 2 aromatic heterocycles. The minimum atomic E-state index is 0.00665. The van der Waals surface area contributed by atoms with E-state index in [0.29, 0.717) is 19.1 Å². The largest absolute Gasteiger partial charge is 0.491 e. The predicted molar refractivity (Wildman–Crippen MR) is 102 cm³/mol. The SMILES string of the molecule is OCCOc1ccc(-c2nccn2[C@@H]2COC[C@H]2Cc2ccncc2)cc1. The van der Waals surface area contributed by atoms with Gasteiger partial charge in [0.2, 0.25) is 0 Å². The van der Waals surface area contributed by atoms with E-state index in [1.165, 1.54) is 5.56 Å². The first-order valence-corrected chi connectivity index (χ1v) is 9.18. The van der Waals surface area contributed by atoms with Gasteiger partial charge in [0.1, 0.15) is 18.2 Å². The molecule has 1 N–H and O–H groups in total. The average molecular weight is 365 g/mol. The van der Waals surface area contributed by atoms with Gasteiger partial charge >= 0.3 is 0 Å². The molecule has 0 saturated carbocycles. The third-order valence-electron chi connectivity index (χ3n) is 4.91. The standard InChI is InChI=1S/C21H23N3O3/c25-11-12-27-19-3-1-17(2-4-19)21-23-9-10-24(21)20-15-26-14-18(20)13-16-5-7-22-8-6-16/h1-10,18,20,25H,11-15H2/t18-,20-/m1/s1. The second kappa shape index (κ2) is 8.33. The summed E-state index contributed by atoms with van der Waals surface area (Å²) in [5.74, 6) is 2.07. The molecule has 2 atom stereocenters. The Balaban J connectivity index is 1.54. The Kier molecular flexibility index (Phi) is 5.46. The van der Waals surface area contributed by atoms with E-state index in [-0.39, 0.29) is 12.6 Å². The first kappa shape index (κ1) is 17.7. The summed E-state index contributed by atoms with van der Waals surface area (Å²) in [5, 5.41) is 8.87. The molecule has 1 aromatic carbocycles. The highest BCUT2D eigenvalue weighted by Gasteiger charge is 2.31. The Morgan fingerprint density at radius 2 is 1.89 bits per heavy atom. The second-order valence-corrected chi connectivity index (χ2v) is 6.68. The fourth-order valence-electron chi connectivity index (χ4n) is 3.58. The van der Waals surface area contributed by atoms with Crippen LogP contribution < -0.4 is 4.74 Å². The summed E-state index contributed by atoms with van der Waals surface area (Å²) >= 11 is 0. The van der Waals surface area contributed by atoms with Crippen molar-refractivity contribution < 1.29 is 14.6 Å². The van der Waals surface area contributed by atoms with E-state index in [1.807, 2.05) is 49.1 Å². The van der Waals surface area contributed by atoms with Crippen LogP contribution >= 0.6 is 0 Å². The van der Waals surface area contributed by atoms with Crippen LogP contribution in [0.4, 0.5) is 0 Å². The quantitative estimate of drug-likeness (QED) is 0.697. The van der Waals surface area contributed by atoms with Gasteiger partial charge in [0.05, 0.1) is 25.9 Å². The van der Waals surface area contributed by atoms with Crippen LogP contribution in [0.25, 0.3) is 11.4 Å². The molecule has 1 aliphatic heterocycles. The Hall–Kier alpha value is -2.70. The number of rotatable bonds is 7. The molecule has 3 aromatic rings. The van der Waals surface area contributed by atoms with E-state index >= 15 is 0 Å². The number of aliphatic hydroxyl groups is 1. The van der Waals surface area contributed by atoms with Crippen LogP contribution in [0.3, 0.4) is 0 Å². The number of aliphatic hydroxyl groups excluding tert-OH is 1.